The van der Waals surface area contributed by atoms with Crippen molar-refractivity contribution in [1.82, 2.24) is 20.0 Å². The Morgan fingerprint density at radius 2 is 1.78 bits per heavy atom. The number of rotatable bonds is 7. The molecule has 1 saturated carbocycles. The second-order valence-corrected chi connectivity index (χ2v) is 17.6. The molecule has 5 fully saturated rings. The molecule has 268 valence electrons. The van der Waals surface area contributed by atoms with E-state index >= 15 is 0 Å². The lowest BCUT2D eigenvalue weighted by atomic mass is 9.85. The van der Waals surface area contributed by atoms with E-state index in [-0.39, 0.29) is 46.2 Å². The summed E-state index contributed by atoms with van der Waals surface area (Å²) in [6, 6.07) is 16.7. The van der Waals surface area contributed by atoms with Crippen LogP contribution in [-0.4, -0.2) is 91.5 Å². The van der Waals surface area contributed by atoms with Crippen molar-refractivity contribution >= 4 is 46.7 Å². The highest BCUT2D eigenvalue weighted by Crippen LogP contribution is 2.58. The van der Waals surface area contributed by atoms with Gasteiger partial charge in [-0.1, -0.05) is 36.4 Å². The largest absolute Gasteiger partial charge is 0.363 e. The Balaban J connectivity index is 1.06. The molecule has 3 N–H and O–H groups in total. The number of alkyl halides is 1. The predicted octanol–water partition coefficient (Wildman–Crippen LogP) is 5.06. The minimum Gasteiger partial charge on any atom is -0.340 e. The second kappa shape index (κ2) is 13.1. The SMILES string of the molecule is N#C[C@@H]1[C@@H](c2ccccc2)CN(C(=O)[C@@H]2CC[C@@H]3C[C@@H](N4CCC4)CC[C@H](NC(=O)c4cc5cc([C@@H](F)P(=O)(O)O)ccc5s4)C(=O)N32)C12CC2. The summed E-state index contributed by atoms with van der Waals surface area (Å²) in [6.07, 6.45) is 5.80. The summed E-state index contributed by atoms with van der Waals surface area (Å²) in [7, 11) is -5.00. The standard InChI is InChI=1S/C37H41FN5O6PS/c38-33(50(47,48)49)23-7-12-31-24(17-23)18-32(51-31)34(44)40-29-10-8-25(41-15-4-16-41)19-26-9-11-30(43(26)35(29)45)36(46)42-21-27(22-5-2-1-3-6-22)28(20-39)37(42)13-14-37/h1-3,5-7,12,17-18,25-30,33H,4,8-11,13-16,19,21H2,(H,40,44)(H2,47,48,49)/t25-,26+,27+,28+,29-,30-,33-/m0/s1. The zero-order valence-electron chi connectivity index (χ0n) is 28.1. The summed E-state index contributed by atoms with van der Waals surface area (Å²) < 4.78 is 26.6. The zero-order valence-corrected chi connectivity index (χ0v) is 29.8. The molecule has 1 aliphatic carbocycles. The molecule has 4 saturated heterocycles. The first-order valence-corrected chi connectivity index (χ1v) is 20.3. The fourth-order valence-electron chi connectivity index (χ4n) is 9.13. The van der Waals surface area contributed by atoms with E-state index in [1.165, 1.54) is 18.2 Å². The second-order valence-electron chi connectivity index (χ2n) is 14.9. The van der Waals surface area contributed by atoms with Crippen molar-refractivity contribution in [3.63, 3.8) is 0 Å². The minimum absolute atomic E-state index is 0.101. The zero-order chi connectivity index (χ0) is 35.7. The number of fused-ring (bicyclic) bond motifs is 2. The van der Waals surface area contributed by atoms with E-state index in [1.54, 1.807) is 11.0 Å². The maximum atomic E-state index is 14.7. The number of carbonyl (C=O) groups excluding carboxylic acids is 3. The van der Waals surface area contributed by atoms with Gasteiger partial charge in [0.25, 0.3) is 5.91 Å². The molecule has 0 radical (unpaired) electrons. The summed E-state index contributed by atoms with van der Waals surface area (Å²) in [5.41, 5.74) is 0.352. The van der Waals surface area contributed by atoms with Crippen LogP contribution in [0, 0.1) is 17.2 Å². The first kappa shape index (κ1) is 34.4. The molecule has 1 aromatic heterocycles. The Kier molecular flexibility index (Phi) is 8.83. The van der Waals surface area contributed by atoms with Crippen molar-refractivity contribution in [1.29, 1.82) is 5.26 Å². The monoisotopic (exact) mass is 733 g/mol. The van der Waals surface area contributed by atoms with Crippen molar-refractivity contribution in [3.05, 3.63) is 70.6 Å². The molecule has 14 heteroatoms. The van der Waals surface area contributed by atoms with E-state index in [0.717, 1.165) is 62.1 Å². The molecular weight excluding hydrogens is 692 g/mol. The molecule has 4 aliphatic heterocycles. The molecule has 0 bridgehead atoms. The number of benzene rings is 2. The fraction of sp³-hybridized carbons (Fsp3) is 0.514. The van der Waals surface area contributed by atoms with Crippen LogP contribution < -0.4 is 5.32 Å². The normalized spacial score (nSPS) is 29.6. The Bertz CT molecular complexity index is 1960. The third kappa shape index (κ3) is 6.09. The maximum Gasteiger partial charge on any atom is 0.363 e. The molecule has 0 unspecified atom stereocenters. The maximum absolute atomic E-state index is 14.7. The third-order valence-electron chi connectivity index (χ3n) is 12.0. The van der Waals surface area contributed by atoms with Gasteiger partial charge in [-0.25, -0.2) is 4.39 Å². The Labute approximate surface area is 299 Å². The number of halogens is 1. The van der Waals surface area contributed by atoms with Gasteiger partial charge < -0.3 is 29.8 Å². The van der Waals surface area contributed by atoms with Gasteiger partial charge in [0.1, 0.15) is 12.1 Å². The van der Waals surface area contributed by atoms with Crippen molar-refractivity contribution in [2.45, 2.75) is 92.9 Å². The average Bonchev–Trinajstić information content (AvgIpc) is 3.43. The van der Waals surface area contributed by atoms with Gasteiger partial charge in [-0.15, -0.1) is 11.3 Å². The number of amides is 3. The Morgan fingerprint density at radius 3 is 2.45 bits per heavy atom. The van der Waals surface area contributed by atoms with E-state index in [4.69, 9.17) is 0 Å². The first-order chi connectivity index (χ1) is 24.5. The molecular formula is C37H41FN5O6PS. The quantitative estimate of drug-likeness (QED) is 0.285. The third-order valence-corrected chi connectivity index (χ3v) is 14.0. The van der Waals surface area contributed by atoms with Crippen LogP contribution in [-0.2, 0) is 14.2 Å². The van der Waals surface area contributed by atoms with Gasteiger partial charge in [0.15, 0.2) is 0 Å². The summed E-state index contributed by atoms with van der Waals surface area (Å²) >= 11 is 1.15. The lowest BCUT2D eigenvalue weighted by Crippen LogP contribution is -2.60. The van der Waals surface area contributed by atoms with Gasteiger partial charge in [0, 0.05) is 29.2 Å². The number of hydrogen-bond donors (Lipinski definition) is 3. The summed E-state index contributed by atoms with van der Waals surface area (Å²) in [4.78, 5) is 68.0. The number of hydrogen-bond acceptors (Lipinski definition) is 7. The highest BCUT2D eigenvalue weighted by atomic mass is 32.1. The molecule has 8 rings (SSSR count). The highest BCUT2D eigenvalue weighted by molar-refractivity contribution is 7.51. The van der Waals surface area contributed by atoms with Crippen LogP contribution in [0.4, 0.5) is 4.39 Å². The smallest absolute Gasteiger partial charge is 0.340 e. The molecule has 5 heterocycles. The van der Waals surface area contributed by atoms with E-state index in [2.05, 4.69) is 16.3 Å². The van der Waals surface area contributed by atoms with Crippen molar-refractivity contribution < 1.29 is 33.1 Å². The van der Waals surface area contributed by atoms with Crippen LogP contribution in [0.3, 0.4) is 0 Å². The van der Waals surface area contributed by atoms with E-state index in [9.17, 15) is 38.4 Å². The average molecular weight is 734 g/mol. The van der Waals surface area contributed by atoms with Gasteiger partial charge in [0.05, 0.1) is 22.4 Å². The van der Waals surface area contributed by atoms with Gasteiger partial charge in [-0.2, -0.15) is 5.26 Å². The molecule has 51 heavy (non-hydrogen) atoms. The van der Waals surface area contributed by atoms with Crippen LogP contribution in [0.1, 0.15) is 84.0 Å². The summed E-state index contributed by atoms with van der Waals surface area (Å²) in [5.74, 6) is -3.73. The van der Waals surface area contributed by atoms with E-state index in [1.807, 2.05) is 35.2 Å². The number of thiophene rings is 1. The fourth-order valence-corrected chi connectivity index (χ4v) is 10.6. The number of nitrogens with one attached hydrogen (secondary N) is 1. The van der Waals surface area contributed by atoms with Crippen molar-refractivity contribution in [3.8, 4) is 6.07 Å². The molecule has 7 atom stereocenters. The predicted molar refractivity (Wildman–Crippen MR) is 188 cm³/mol. The summed E-state index contributed by atoms with van der Waals surface area (Å²) in [5, 5.41) is 13.8. The van der Waals surface area contributed by atoms with E-state index in [0.29, 0.717) is 35.9 Å². The number of carbonyl (C=O) groups is 3. The molecule has 1 spiro atoms. The van der Waals surface area contributed by atoms with Crippen LogP contribution in [0.25, 0.3) is 10.1 Å². The van der Waals surface area contributed by atoms with Crippen molar-refractivity contribution in [2.24, 2.45) is 5.92 Å². The summed E-state index contributed by atoms with van der Waals surface area (Å²) in [6.45, 7) is 2.41. The van der Waals surface area contributed by atoms with Crippen molar-refractivity contribution in [2.75, 3.05) is 19.6 Å². The lowest BCUT2D eigenvalue weighted by molar-refractivity contribution is -0.148. The molecule has 2 aromatic carbocycles. The lowest BCUT2D eigenvalue weighted by Gasteiger charge is -2.44. The Hall–Kier alpha value is -3.66. The number of likely N-dealkylation sites (tertiary alicyclic amines) is 2. The molecule has 5 aliphatic rings. The highest BCUT2D eigenvalue weighted by Gasteiger charge is 2.64. The molecule has 3 amide bonds. The Morgan fingerprint density at radius 1 is 1.04 bits per heavy atom. The first-order valence-electron chi connectivity index (χ1n) is 17.8. The van der Waals surface area contributed by atoms with Crippen LogP contribution in [0.15, 0.2) is 54.6 Å². The van der Waals surface area contributed by atoms with Crippen LogP contribution >= 0.6 is 18.9 Å². The van der Waals surface area contributed by atoms with Crippen LogP contribution in [0.5, 0.6) is 0 Å². The van der Waals surface area contributed by atoms with Gasteiger partial charge in [0.2, 0.25) is 17.7 Å². The number of nitrogens with zero attached hydrogens (tertiary/aromatic N) is 4. The topological polar surface area (TPSA) is 154 Å². The number of nitriles is 1. The molecule has 11 nitrogen and oxygen atoms in total. The van der Waals surface area contributed by atoms with Crippen LogP contribution in [0.2, 0.25) is 0 Å². The minimum atomic E-state index is -5.00. The van der Waals surface area contributed by atoms with Gasteiger partial charge in [-0.05, 0) is 99.2 Å². The molecule has 3 aromatic rings. The van der Waals surface area contributed by atoms with Gasteiger partial charge in [-0.3, -0.25) is 18.9 Å². The van der Waals surface area contributed by atoms with E-state index < -0.39 is 37.0 Å². The van der Waals surface area contributed by atoms with Gasteiger partial charge >= 0.3 is 7.60 Å².